The van der Waals surface area contributed by atoms with Crippen LogP contribution in [0.4, 0.5) is 10.1 Å². The van der Waals surface area contributed by atoms with Crippen LogP contribution in [0.3, 0.4) is 0 Å². The zero-order valence-corrected chi connectivity index (χ0v) is 19.2. The third-order valence-electron chi connectivity index (χ3n) is 6.19. The van der Waals surface area contributed by atoms with Crippen LogP contribution < -0.4 is 4.90 Å². The molecule has 1 N–H and O–H groups in total. The lowest BCUT2D eigenvalue weighted by Gasteiger charge is -2.27. The van der Waals surface area contributed by atoms with Crippen LogP contribution >= 0.6 is 0 Å². The van der Waals surface area contributed by atoms with E-state index < -0.39 is 17.7 Å². The fourth-order valence-electron chi connectivity index (χ4n) is 4.38. The molecule has 4 rings (SSSR count). The van der Waals surface area contributed by atoms with Crippen molar-refractivity contribution in [1.29, 1.82) is 0 Å². The number of benzene rings is 3. The molecule has 1 fully saturated rings. The Morgan fingerprint density at radius 3 is 2.12 bits per heavy atom. The Morgan fingerprint density at radius 1 is 0.912 bits per heavy atom. The number of hydrogen-bond donors (Lipinski definition) is 1. The van der Waals surface area contributed by atoms with Gasteiger partial charge in [0.15, 0.2) is 0 Å². The Labute approximate surface area is 198 Å². The Kier molecular flexibility index (Phi) is 6.77. The van der Waals surface area contributed by atoms with Gasteiger partial charge in [-0.15, -0.1) is 0 Å². The number of carbonyl (C=O) groups is 2. The van der Waals surface area contributed by atoms with Crippen molar-refractivity contribution in [2.75, 3.05) is 18.0 Å². The number of aliphatic hydroxyl groups excluding tert-OH is 1. The molecule has 0 aliphatic carbocycles. The van der Waals surface area contributed by atoms with E-state index in [-0.39, 0.29) is 23.7 Å². The van der Waals surface area contributed by atoms with Gasteiger partial charge >= 0.3 is 0 Å². The van der Waals surface area contributed by atoms with E-state index in [9.17, 15) is 19.1 Å². The monoisotopic (exact) mass is 458 g/mol. The van der Waals surface area contributed by atoms with E-state index >= 15 is 0 Å². The summed E-state index contributed by atoms with van der Waals surface area (Å²) in [5.74, 6) is -2.02. The Balaban J connectivity index is 1.81. The summed E-state index contributed by atoms with van der Waals surface area (Å²) < 4.78 is 13.4. The highest BCUT2D eigenvalue weighted by molar-refractivity contribution is 6.46. The maximum atomic E-state index is 13.4. The summed E-state index contributed by atoms with van der Waals surface area (Å²) in [6, 6.07) is 21.5. The smallest absolute Gasteiger partial charge is 0.295 e. The number of hydrogen-bond acceptors (Lipinski definition) is 4. The van der Waals surface area contributed by atoms with Gasteiger partial charge in [0.2, 0.25) is 0 Å². The maximum absolute atomic E-state index is 13.4. The Bertz CT molecular complexity index is 1200. The van der Waals surface area contributed by atoms with Crippen molar-refractivity contribution in [3.63, 3.8) is 0 Å². The van der Waals surface area contributed by atoms with Gasteiger partial charge in [-0.2, -0.15) is 0 Å². The van der Waals surface area contributed by atoms with Gasteiger partial charge in [0.1, 0.15) is 11.6 Å². The second kappa shape index (κ2) is 9.91. The van der Waals surface area contributed by atoms with E-state index in [0.29, 0.717) is 11.1 Å². The van der Waals surface area contributed by atoms with Crippen LogP contribution in [0.15, 0.2) is 84.4 Å². The normalized spacial score (nSPS) is 17.3. The lowest BCUT2D eigenvalue weighted by Crippen LogP contribution is -2.29. The topological polar surface area (TPSA) is 60.9 Å². The molecule has 0 spiro atoms. The number of rotatable bonds is 7. The summed E-state index contributed by atoms with van der Waals surface area (Å²) in [7, 11) is 0. The molecule has 0 bridgehead atoms. The first-order chi connectivity index (χ1) is 16.4. The lowest BCUT2D eigenvalue weighted by atomic mass is 9.95. The summed E-state index contributed by atoms with van der Waals surface area (Å²) in [5.41, 5.74) is 2.95. The SMILES string of the molecule is CCN(CC)c1ccc(C2/C(=C(/O)c3ccccc3)C(=O)C(=O)N2Cc2ccc(F)cc2)cc1. The van der Waals surface area contributed by atoms with E-state index in [1.807, 2.05) is 30.3 Å². The van der Waals surface area contributed by atoms with Gasteiger partial charge < -0.3 is 14.9 Å². The quantitative estimate of drug-likeness (QED) is 0.297. The van der Waals surface area contributed by atoms with Gasteiger partial charge in [-0.3, -0.25) is 9.59 Å². The molecule has 0 aromatic heterocycles. The number of anilines is 1. The van der Waals surface area contributed by atoms with Crippen molar-refractivity contribution in [1.82, 2.24) is 4.90 Å². The molecular formula is C28H27FN2O3. The molecule has 1 aliphatic rings. The van der Waals surface area contributed by atoms with Crippen molar-refractivity contribution >= 4 is 23.1 Å². The second-order valence-corrected chi connectivity index (χ2v) is 8.18. The third kappa shape index (κ3) is 4.44. The first-order valence-corrected chi connectivity index (χ1v) is 11.4. The number of amides is 1. The second-order valence-electron chi connectivity index (χ2n) is 8.18. The highest BCUT2D eigenvalue weighted by Crippen LogP contribution is 2.40. The summed E-state index contributed by atoms with van der Waals surface area (Å²) >= 11 is 0. The summed E-state index contributed by atoms with van der Waals surface area (Å²) in [6.45, 7) is 5.97. The van der Waals surface area contributed by atoms with Crippen molar-refractivity contribution in [2.24, 2.45) is 0 Å². The lowest BCUT2D eigenvalue weighted by molar-refractivity contribution is -0.140. The highest BCUT2D eigenvalue weighted by atomic mass is 19.1. The van der Waals surface area contributed by atoms with Crippen LogP contribution in [0.5, 0.6) is 0 Å². The van der Waals surface area contributed by atoms with Crippen molar-refractivity contribution in [3.8, 4) is 0 Å². The largest absolute Gasteiger partial charge is 0.507 e. The van der Waals surface area contributed by atoms with Crippen LogP contribution in [0.25, 0.3) is 5.76 Å². The van der Waals surface area contributed by atoms with E-state index in [1.54, 1.807) is 36.4 Å². The molecule has 1 unspecified atom stereocenters. The van der Waals surface area contributed by atoms with Gasteiger partial charge in [-0.25, -0.2) is 4.39 Å². The number of nitrogens with zero attached hydrogens (tertiary/aromatic N) is 2. The van der Waals surface area contributed by atoms with Gasteiger partial charge in [0.05, 0.1) is 11.6 Å². The Hall–Kier alpha value is -3.93. The minimum Gasteiger partial charge on any atom is -0.507 e. The predicted octanol–water partition coefficient (Wildman–Crippen LogP) is 5.29. The minimum atomic E-state index is -0.768. The molecule has 0 radical (unpaired) electrons. The van der Waals surface area contributed by atoms with Crippen LogP contribution in [0, 0.1) is 5.82 Å². The predicted molar refractivity (Wildman–Crippen MR) is 131 cm³/mol. The zero-order valence-electron chi connectivity index (χ0n) is 19.2. The van der Waals surface area contributed by atoms with Crippen molar-refractivity contribution in [3.05, 3.63) is 107 Å². The van der Waals surface area contributed by atoms with Gasteiger partial charge in [-0.05, 0) is 49.2 Å². The van der Waals surface area contributed by atoms with Crippen molar-refractivity contribution in [2.45, 2.75) is 26.4 Å². The van der Waals surface area contributed by atoms with Crippen LogP contribution in [-0.2, 0) is 16.1 Å². The molecule has 174 valence electrons. The number of carbonyl (C=O) groups excluding carboxylic acids is 2. The van der Waals surface area contributed by atoms with E-state index in [4.69, 9.17) is 0 Å². The standard InChI is InChI=1S/C28H27FN2O3/c1-3-30(4-2)23-16-12-20(13-17-23)25-24(26(32)21-8-6-5-7-9-21)27(33)28(34)31(25)18-19-10-14-22(29)15-11-19/h5-17,25,32H,3-4,18H2,1-2H3/b26-24-. The summed E-state index contributed by atoms with van der Waals surface area (Å²) in [4.78, 5) is 29.9. The van der Waals surface area contributed by atoms with Crippen molar-refractivity contribution < 1.29 is 19.1 Å². The molecule has 5 nitrogen and oxygen atoms in total. The molecule has 3 aromatic carbocycles. The third-order valence-corrected chi connectivity index (χ3v) is 6.19. The molecule has 1 atom stereocenters. The van der Waals surface area contributed by atoms with E-state index in [2.05, 4.69) is 18.7 Å². The molecule has 6 heteroatoms. The van der Waals surface area contributed by atoms with Gasteiger partial charge in [-0.1, -0.05) is 54.6 Å². The molecule has 0 saturated carbocycles. The summed E-state index contributed by atoms with van der Waals surface area (Å²) in [6.07, 6.45) is 0. The fraction of sp³-hybridized carbons (Fsp3) is 0.214. The van der Waals surface area contributed by atoms with E-state index in [1.165, 1.54) is 17.0 Å². The molecule has 1 amide bonds. The molecular weight excluding hydrogens is 431 g/mol. The molecule has 34 heavy (non-hydrogen) atoms. The number of likely N-dealkylation sites (tertiary alicyclic amines) is 1. The molecule has 1 heterocycles. The Morgan fingerprint density at radius 2 is 1.53 bits per heavy atom. The van der Waals surface area contributed by atoms with Gasteiger partial charge in [0, 0.05) is 30.9 Å². The minimum absolute atomic E-state index is 0.0499. The molecule has 1 saturated heterocycles. The summed E-state index contributed by atoms with van der Waals surface area (Å²) in [5, 5.41) is 11.1. The molecule has 1 aliphatic heterocycles. The average Bonchev–Trinajstić information content (AvgIpc) is 3.11. The number of aliphatic hydroxyl groups is 1. The van der Waals surface area contributed by atoms with Crippen LogP contribution in [-0.4, -0.2) is 34.8 Å². The van der Waals surface area contributed by atoms with Gasteiger partial charge in [0.25, 0.3) is 11.7 Å². The average molecular weight is 459 g/mol. The fourth-order valence-corrected chi connectivity index (χ4v) is 4.38. The first-order valence-electron chi connectivity index (χ1n) is 11.4. The number of ketones is 1. The first kappa shape index (κ1) is 23.2. The van der Waals surface area contributed by atoms with Crippen LogP contribution in [0.2, 0.25) is 0 Å². The zero-order chi connectivity index (χ0) is 24.2. The number of Topliss-reactive ketones (excluding diaryl/α,β-unsaturated/α-hetero) is 1. The van der Waals surface area contributed by atoms with E-state index in [0.717, 1.165) is 24.3 Å². The van der Waals surface area contributed by atoms with Crippen LogP contribution in [0.1, 0.15) is 36.6 Å². The highest BCUT2D eigenvalue weighted by Gasteiger charge is 2.46. The number of halogens is 1. The maximum Gasteiger partial charge on any atom is 0.295 e. The molecule has 3 aromatic rings.